The topological polar surface area (TPSA) is 77.9 Å². The molecule has 2 aliphatic rings. The highest BCUT2D eigenvalue weighted by molar-refractivity contribution is 5.87. The Labute approximate surface area is 160 Å². The number of rotatable bonds is 4. The molecule has 1 aromatic carbocycles. The Hall–Kier alpha value is -2.37. The van der Waals surface area contributed by atoms with Crippen LogP contribution in [0.15, 0.2) is 24.3 Å². The van der Waals surface area contributed by atoms with Crippen LogP contribution in [0.5, 0.6) is 0 Å². The molecule has 0 aromatic heterocycles. The molecule has 1 saturated heterocycles. The normalized spacial score (nSPS) is 23.5. The molecule has 3 atom stereocenters. The van der Waals surface area contributed by atoms with Gasteiger partial charge in [0.05, 0.1) is 5.92 Å². The molecule has 1 aromatic rings. The number of carboxylic acids is 1. The first kappa shape index (κ1) is 19.4. The van der Waals surface area contributed by atoms with E-state index in [9.17, 15) is 19.5 Å². The van der Waals surface area contributed by atoms with Gasteiger partial charge in [-0.3, -0.25) is 9.59 Å². The van der Waals surface area contributed by atoms with E-state index in [1.165, 1.54) is 4.90 Å². The van der Waals surface area contributed by atoms with Gasteiger partial charge in [0.2, 0.25) is 11.8 Å². The number of likely N-dealkylation sites (tertiary alicyclic amines) is 1. The zero-order valence-corrected chi connectivity index (χ0v) is 16.1. The summed E-state index contributed by atoms with van der Waals surface area (Å²) in [6.07, 6.45) is 2.92. The highest BCUT2D eigenvalue weighted by Gasteiger charge is 2.40. The van der Waals surface area contributed by atoms with Gasteiger partial charge in [0.1, 0.15) is 0 Å². The lowest BCUT2D eigenvalue weighted by Crippen LogP contribution is -2.51. The van der Waals surface area contributed by atoms with Crippen LogP contribution < -0.4 is 0 Å². The Balaban J connectivity index is 1.78. The second-order valence-corrected chi connectivity index (χ2v) is 7.65. The second-order valence-electron chi connectivity index (χ2n) is 7.65. The van der Waals surface area contributed by atoms with Crippen molar-refractivity contribution >= 4 is 17.8 Å². The van der Waals surface area contributed by atoms with Gasteiger partial charge in [0.15, 0.2) is 6.04 Å². The van der Waals surface area contributed by atoms with Crippen molar-refractivity contribution in [3.8, 4) is 0 Å². The predicted molar refractivity (Wildman–Crippen MR) is 101 cm³/mol. The Morgan fingerprint density at radius 3 is 2.67 bits per heavy atom. The number of fused-ring (bicyclic) bond motifs is 1. The van der Waals surface area contributed by atoms with Crippen molar-refractivity contribution in [2.24, 2.45) is 11.8 Å². The molecule has 6 heteroatoms. The van der Waals surface area contributed by atoms with E-state index in [1.54, 1.807) is 11.0 Å². The Kier molecular flexibility index (Phi) is 5.82. The molecular weight excluding hydrogens is 344 g/mol. The molecule has 2 amide bonds. The summed E-state index contributed by atoms with van der Waals surface area (Å²) < 4.78 is 0. The third-order valence-electron chi connectivity index (χ3n) is 5.92. The van der Waals surface area contributed by atoms with Crippen molar-refractivity contribution < 1.29 is 19.5 Å². The van der Waals surface area contributed by atoms with E-state index in [0.717, 1.165) is 18.4 Å². The van der Waals surface area contributed by atoms with Crippen molar-refractivity contribution in [1.82, 2.24) is 9.80 Å². The first-order chi connectivity index (χ1) is 12.9. The quantitative estimate of drug-likeness (QED) is 0.881. The molecule has 27 heavy (non-hydrogen) atoms. The van der Waals surface area contributed by atoms with Gasteiger partial charge in [0.25, 0.3) is 0 Å². The summed E-state index contributed by atoms with van der Waals surface area (Å²) >= 11 is 0. The molecule has 0 saturated carbocycles. The maximum atomic E-state index is 13.2. The van der Waals surface area contributed by atoms with Crippen LogP contribution in [-0.4, -0.2) is 52.3 Å². The summed E-state index contributed by atoms with van der Waals surface area (Å²) in [5.74, 6) is -1.42. The van der Waals surface area contributed by atoms with Crippen molar-refractivity contribution in [3.05, 3.63) is 35.4 Å². The summed E-state index contributed by atoms with van der Waals surface area (Å²) in [7, 11) is 0. The van der Waals surface area contributed by atoms with Crippen molar-refractivity contribution in [1.29, 1.82) is 0 Å². The number of nitrogens with zero attached hydrogens (tertiary/aromatic N) is 2. The number of amides is 2. The van der Waals surface area contributed by atoms with Gasteiger partial charge in [0, 0.05) is 25.6 Å². The van der Waals surface area contributed by atoms with E-state index in [4.69, 9.17) is 0 Å². The van der Waals surface area contributed by atoms with Crippen molar-refractivity contribution in [3.63, 3.8) is 0 Å². The van der Waals surface area contributed by atoms with E-state index < -0.39 is 12.0 Å². The fourth-order valence-electron chi connectivity index (χ4n) is 4.17. The Morgan fingerprint density at radius 2 is 1.96 bits per heavy atom. The number of carbonyl (C=O) groups is 3. The molecule has 146 valence electrons. The van der Waals surface area contributed by atoms with Crippen LogP contribution in [-0.2, 0) is 20.8 Å². The minimum absolute atomic E-state index is 0.0486. The lowest BCUT2D eigenvalue weighted by molar-refractivity contribution is -0.155. The summed E-state index contributed by atoms with van der Waals surface area (Å²) in [6, 6.07) is 6.50. The van der Waals surface area contributed by atoms with E-state index >= 15 is 0 Å². The number of hydrogen-bond acceptors (Lipinski definition) is 3. The van der Waals surface area contributed by atoms with Crippen LogP contribution in [0, 0.1) is 11.8 Å². The highest BCUT2D eigenvalue weighted by atomic mass is 16.4. The zero-order chi connectivity index (χ0) is 19.6. The fourth-order valence-corrected chi connectivity index (χ4v) is 4.17. The van der Waals surface area contributed by atoms with Gasteiger partial charge in [-0.15, -0.1) is 0 Å². The van der Waals surface area contributed by atoms with Gasteiger partial charge in [-0.05, 0) is 36.8 Å². The lowest BCUT2D eigenvalue weighted by Gasteiger charge is -2.40. The summed E-state index contributed by atoms with van der Waals surface area (Å²) in [5.41, 5.74) is 1.69. The molecular formula is C21H28N2O4. The van der Waals surface area contributed by atoms with E-state index in [1.807, 2.05) is 32.0 Å². The number of benzene rings is 1. The van der Waals surface area contributed by atoms with E-state index in [-0.39, 0.29) is 23.7 Å². The van der Waals surface area contributed by atoms with Crippen LogP contribution in [0.4, 0.5) is 0 Å². The average molecular weight is 372 g/mol. The minimum Gasteiger partial charge on any atom is -0.479 e. The monoisotopic (exact) mass is 372 g/mol. The summed E-state index contributed by atoms with van der Waals surface area (Å²) in [5, 5.41) is 9.79. The first-order valence-corrected chi connectivity index (χ1v) is 9.83. The minimum atomic E-state index is -1.00. The van der Waals surface area contributed by atoms with Gasteiger partial charge in [-0.25, -0.2) is 4.79 Å². The highest BCUT2D eigenvalue weighted by Crippen LogP contribution is 2.32. The number of hydrogen-bond donors (Lipinski definition) is 1. The molecule has 0 spiro atoms. The van der Waals surface area contributed by atoms with Gasteiger partial charge in [-0.2, -0.15) is 0 Å². The van der Waals surface area contributed by atoms with Gasteiger partial charge >= 0.3 is 5.97 Å². The van der Waals surface area contributed by atoms with Gasteiger partial charge in [-0.1, -0.05) is 38.1 Å². The van der Waals surface area contributed by atoms with Crippen LogP contribution >= 0.6 is 0 Å². The summed E-state index contributed by atoms with van der Waals surface area (Å²) in [6.45, 7) is 5.38. The molecule has 6 nitrogen and oxygen atoms in total. The summed E-state index contributed by atoms with van der Waals surface area (Å²) in [4.78, 5) is 41.0. The largest absolute Gasteiger partial charge is 0.479 e. The average Bonchev–Trinajstić information content (AvgIpc) is 2.71. The van der Waals surface area contributed by atoms with Crippen LogP contribution in [0.25, 0.3) is 0 Å². The molecule has 3 unspecified atom stereocenters. The maximum absolute atomic E-state index is 13.2. The SMILES string of the molecule is CCC(C)C(=O)N1CCCC(C(=O)N2CCc3ccccc3C2C(=O)O)C1. The maximum Gasteiger partial charge on any atom is 0.331 e. The fraction of sp³-hybridized carbons (Fsp3) is 0.571. The first-order valence-electron chi connectivity index (χ1n) is 9.83. The Bertz CT molecular complexity index is 733. The predicted octanol–water partition coefficient (Wildman–Crippen LogP) is 2.48. The number of aliphatic carboxylic acids is 1. The van der Waals surface area contributed by atoms with Crippen LogP contribution in [0.1, 0.15) is 50.3 Å². The number of carboxylic acid groups (broad SMARTS) is 1. The zero-order valence-electron chi connectivity index (χ0n) is 16.1. The smallest absolute Gasteiger partial charge is 0.331 e. The number of carbonyl (C=O) groups excluding carboxylic acids is 2. The molecule has 1 N–H and O–H groups in total. The van der Waals surface area contributed by atoms with E-state index in [2.05, 4.69) is 0 Å². The molecule has 1 fully saturated rings. The lowest BCUT2D eigenvalue weighted by atomic mass is 9.89. The third-order valence-corrected chi connectivity index (χ3v) is 5.92. The standard InChI is InChI=1S/C21H28N2O4/c1-3-14(2)19(24)22-11-6-8-16(13-22)20(25)23-12-10-15-7-4-5-9-17(15)18(23)21(26)27/h4-5,7,9,14,16,18H,3,6,8,10-13H2,1-2H3,(H,26,27). The second kappa shape index (κ2) is 8.11. The number of piperidine rings is 1. The molecule has 2 aliphatic heterocycles. The molecule has 0 radical (unpaired) electrons. The van der Waals surface area contributed by atoms with Crippen molar-refractivity contribution in [2.75, 3.05) is 19.6 Å². The Morgan fingerprint density at radius 1 is 1.22 bits per heavy atom. The van der Waals surface area contributed by atoms with E-state index in [0.29, 0.717) is 38.0 Å². The van der Waals surface area contributed by atoms with Crippen LogP contribution in [0.2, 0.25) is 0 Å². The molecule has 0 aliphatic carbocycles. The molecule has 3 rings (SSSR count). The van der Waals surface area contributed by atoms with Gasteiger partial charge < -0.3 is 14.9 Å². The third kappa shape index (κ3) is 3.84. The molecule has 0 bridgehead atoms. The molecule has 2 heterocycles. The van der Waals surface area contributed by atoms with Crippen LogP contribution in [0.3, 0.4) is 0 Å². The van der Waals surface area contributed by atoms with Crippen molar-refractivity contribution in [2.45, 2.75) is 45.6 Å².